The van der Waals surface area contributed by atoms with E-state index in [0.29, 0.717) is 6.61 Å². The van der Waals surface area contributed by atoms with Crippen molar-refractivity contribution in [3.63, 3.8) is 0 Å². The van der Waals surface area contributed by atoms with Crippen molar-refractivity contribution < 1.29 is 4.74 Å². The lowest BCUT2D eigenvalue weighted by Crippen LogP contribution is -2.24. The summed E-state index contributed by atoms with van der Waals surface area (Å²) in [6.45, 7) is 10.4. The summed E-state index contributed by atoms with van der Waals surface area (Å²) in [5, 5.41) is 0. The molecule has 0 aromatic heterocycles. The molecule has 3 nitrogen and oxygen atoms in total. The van der Waals surface area contributed by atoms with Crippen molar-refractivity contribution >= 4 is 5.69 Å². The molecule has 0 heterocycles. The van der Waals surface area contributed by atoms with Crippen LogP contribution in [0.25, 0.3) is 0 Å². The number of rotatable bonds is 9. The predicted molar refractivity (Wildman–Crippen MR) is 102 cm³/mol. The summed E-state index contributed by atoms with van der Waals surface area (Å²) in [6, 6.07) is 14.5. The molecule has 0 aliphatic rings. The van der Waals surface area contributed by atoms with Crippen LogP contribution >= 0.6 is 0 Å². The highest BCUT2D eigenvalue weighted by molar-refractivity contribution is 5.54. The van der Waals surface area contributed by atoms with E-state index in [9.17, 15) is 0 Å². The van der Waals surface area contributed by atoms with Crippen molar-refractivity contribution in [2.45, 2.75) is 40.2 Å². The van der Waals surface area contributed by atoms with Crippen molar-refractivity contribution in [3.8, 4) is 5.75 Å². The number of nitrogens with zero attached hydrogens (tertiary/aromatic N) is 1. The van der Waals surface area contributed by atoms with Crippen LogP contribution in [0.4, 0.5) is 5.69 Å². The van der Waals surface area contributed by atoms with Gasteiger partial charge in [-0.1, -0.05) is 49.7 Å². The molecule has 3 heteroatoms. The van der Waals surface area contributed by atoms with Crippen LogP contribution in [-0.2, 0) is 13.0 Å². The van der Waals surface area contributed by atoms with E-state index in [-0.39, 0.29) is 0 Å². The van der Waals surface area contributed by atoms with Crippen LogP contribution in [0.1, 0.15) is 37.0 Å². The van der Waals surface area contributed by atoms with E-state index in [0.717, 1.165) is 49.5 Å². The van der Waals surface area contributed by atoms with Crippen molar-refractivity contribution in [2.75, 3.05) is 25.4 Å². The van der Waals surface area contributed by atoms with Gasteiger partial charge in [-0.3, -0.25) is 0 Å². The number of hydrogen-bond donors (Lipinski definition) is 1. The van der Waals surface area contributed by atoms with E-state index in [1.807, 2.05) is 12.1 Å². The second-order valence-electron chi connectivity index (χ2n) is 6.28. The molecule has 0 amide bonds. The molecule has 0 spiro atoms. The highest BCUT2D eigenvalue weighted by atomic mass is 16.5. The molecule has 2 rings (SSSR count). The van der Waals surface area contributed by atoms with Crippen LogP contribution in [0.5, 0.6) is 5.75 Å². The molecule has 24 heavy (non-hydrogen) atoms. The van der Waals surface area contributed by atoms with Gasteiger partial charge in [0.15, 0.2) is 0 Å². The fourth-order valence-electron chi connectivity index (χ4n) is 2.89. The highest BCUT2D eigenvalue weighted by Crippen LogP contribution is 2.24. The zero-order valence-corrected chi connectivity index (χ0v) is 15.2. The molecule has 130 valence electrons. The number of nitrogen functional groups attached to an aromatic ring is 1. The van der Waals surface area contributed by atoms with E-state index < -0.39 is 0 Å². The zero-order valence-electron chi connectivity index (χ0n) is 15.2. The Kier molecular flexibility index (Phi) is 7.13. The Morgan fingerprint density at radius 2 is 1.79 bits per heavy atom. The van der Waals surface area contributed by atoms with Gasteiger partial charge in [-0.05, 0) is 62.7 Å². The summed E-state index contributed by atoms with van der Waals surface area (Å²) in [7, 11) is 0. The monoisotopic (exact) mass is 326 g/mol. The third kappa shape index (κ3) is 5.57. The maximum absolute atomic E-state index is 6.16. The second-order valence-corrected chi connectivity index (χ2v) is 6.28. The maximum atomic E-state index is 6.16. The van der Waals surface area contributed by atoms with Gasteiger partial charge in [0.1, 0.15) is 12.4 Å². The SMILES string of the molecule is CCN(CC)CCCc1ccc(OCc2cccc(C)c2)c(N)c1. The molecule has 0 saturated heterocycles. The fourth-order valence-corrected chi connectivity index (χ4v) is 2.89. The second kappa shape index (κ2) is 9.33. The van der Waals surface area contributed by atoms with Crippen molar-refractivity contribution in [2.24, 2.45) is 0 Å². The minimum absolute atomic E-state index is 0.549. The Morgan fingerprint density at radius 1 is 1.00 bits per heavy atom. The normalized spacial score (nSPS) is 11.0. The molecule has 2 aromatic carbocycles. The van der Waals surface area contributed by atoms with Gasteiger partial charge in [-0.2, -0.15) is 0 Å². The lowest BCUT2D eigenvalue weighted by molar-refractivity contribution is 0.300. The molecular formula is C21H30N2O. The topological polar surface area (TPSA) is 38.5 Å². The van der Waals surface area contributed by atoms with Gasteiger partial charge in [0.05, 0.1) is 5.69 Å². The number of hydrogen-bond acceptors (Lipinski definition) is 3. The molecule has 0 atom stereocenters. The Morgan fingerprint density at radius 3 is 2.46 bits per heavy atom. The van der Waals surface area contributed by atoms with Gasteiger partial charge >= 0.3 is 0 Å². The largest absolute Gasteiger partial charge is 0.487 e. The molecular weight excluding hydrogens is 296 g/mol. The average molecular weight is 326 g/mol. The third-order valence-corrected chi connectivity index (χ3v) is 4.39. The van der Waals surface area contributed by atoms with Crippen LogP contribution in [0.3, 0.4) is 0 Å². The Hall–Kier alpha value is -2.00. The van der Waals surface area contributed by atoms with Gasteiger partial charge in [0.2, 0.25) is 0 Å². The molecule has 0 unspecified atom stereocenters. The van der Waals surface area contributed by atoms with Crippen molar-refractivity contribution in [1.82, 2.24) is 4.90 Å². The molecule has 2 aromatic rings. The Balaban J connectivity index is 1.87. The van der Waals surface area contributed by atoms with Gasteiger partial charge < -0.3 is 15.4 Å². The third-order valence-electron chi connectivity index (χ3n) is 4.39. The van der Waals surface area contributed by atoms with Crippen LogP contribution in [0.15, 0.2) is 42.5 Å². The van der Waals surface area contributed by atoms with Crippen molar-refractivity contribution in [3.05, 3.63) is 59.2 Å². The van der Waals surface area contributed by atoms with E-state index in [1.165, 1.54) is 11.1 Å². The maximum Gasteiger partial charge on any atom is 0.142 e. The molecule has 0 saturated carbocycles. The summed E-state index contributed by atoms with van der Waals surface area (Å²) in [5.74, 6) is 0.768. The molecule has 0 aliphatic heterocycles. The van der Waals surface area contributed by atoms with Crippen molar-refractivity contribution in [1.29, 1.82) is 0 Å². The van der Waals surface area contributed by atoms with Crippen LogP contribution in [-0.4, -0.2) is 24.5 Å². The van der Waals surface area contributed by atoms with E-state index in [1.54, 1.807) is 0 Å². The standard InChI is InChI=1S/C21H30N2O/c1-4-23(5-2)13-7-10-18-11-12-21(20(22)15-18)24-16-19-9-6-8-17(3)14-19/h6,8-9,11-12,14-15H,4-5,7,10,13,16,22H2,1-3H3. The smallest absolute Gasteiger partial charge is 0.142 e. The Labute approximate surface area is 146 Å². The van der Waals surface area contributed by atoms with Crippen LogP contribution < -0.4 is 10.5 Å². The number of ether oxygens (including phenoxy) is 1. The predicted octanol–water partition coefficient (Wildman–Crippen LogP) is 4.43. The summed E-state index contributed by atoms with van der Waals surface area (Å²) in [5.41, 5.74) is 10.6. The zero-order chi connectivity index (χ0) is 17.4. The summed E-state index contributed by atoms with van der Waals surface area (Å²) in [6.07, 6.45) is 2.21. The average Bonchev–Trinajstić information content (AvgIpc) is 2.58. The number of aryl methyl sites for hydroxylation is 2. The van der Waals surface area contributed by atoms with E-state index >= 15 is 0 Å². The summed E-state index contributed by atoms with van der Waals surface area (Å²) < 4.78 is 5.88. The van der Waals surface area contributed by atoms with Gasteiger partial charge in [-0.15, -0.1) is 0 Å². The van der Waals surface area contributed by atoms with Gasteiger partial charge in [0.25, 0.3) is 0 Å². The summed E-state index contributed by atoms with van der Waals surface area (Å²) >= 11 is 0. The molecule has 0 bridgehead atoms. The first-order chi connectivity index (χ1) is 11.6. The minimum Gasteiger partial charge on any atom is -0.487 e. The molecule has 0 fully saturated rings. The quantitative estimate of drug-likeness (QED) is 0.693. The van der Waals surface area contributed by atoms with E-state index in [2.05, 4.69) is 56.0 Å². The number of nitrogens with two attached hydrogens (primary N) is 1. The molecule has 2 N–H and O–H groups in total. The summed E-state index contributed by atoms with van der Waals surface area (Å²) in [4.78, 5) is 2.45. The first-order valence-electron chi connectivity index (χ1n) is 8.91. The van der Waals surface area contributed by atoms with Crippen LogP contribution in [0, 0.1) is 6.92 Å². The lowest BCUT2D eigenvalue weighted by atomic mass is 10.1. The van der Waals surface area contributed by atoms with Gasteiger partial charge in [-0.25, -0.2) is 0 Å². The highest BCUT2D eigenvalue weighted by Gasteiger charge is 2.04. The Bertz CT molecular complexity index is 635. The van der Waals surface area contributed by atoms with Gasteiger partial charge in [0, 0.05) is 0 Å². The number of benzene rings is 2. The fraction of sp³-hybridized carbons (Fsp3) is 0.429. The van der Waals surface area contributed by atoms with Crippen LogP contribution in [0.2, 0.25) is 0 Å². The lowest BCUT2D eigenvalue weighted by Gasteiger charge is -2.17. The number of anilines is 1. The first kappa shape index (κ1) is 18.3. The molecule has 0 radical (unpaired) electrons. The van der Waals surface area contributed by atoms with E-state index in [4.69, 9.17) is 10.5 Å². The molecule has 0 aliphatic carbocycles. The minimum atomic E-state index is 0.549. The first-order valence-corrected chi connectivity index (χ1v) is 8.91.